The molecule has 2 amide bonds. The first-order valence-corrected chi connectivity index (χ1v) is 8.62. The van der Waals surface area contributed by atoms with E-state index in [-0.39, 0.29) is 35.8 Å². The number of carbonyl (C=O) groups is 2. The van der Waals surface area contributed by atoms with Crippen LogP contribution in [0.3, 0.4) is 0 Å². The van der Waals surface area contributed by atoms with Gasteiger partial charge in [-0.15, -0.1) is 0 Å². The Kier molecular flexibility index (Phi) is 3.48. The number of nitrogens with zero attached hydrogens (tertiary/aromatic N) is 3. The quantitative estimate of drug-likeness (QED) is 0.555. The molecule has 0 spiro atoms. The molecule has 0 aliphatic carbocycles. The van der Waals surface area contributed by atoms with E-state index in [0.29, 0.717) is 16.7 Å². The Morgan fingerprint density at radius 2 is 1.57 bits per heavy atom. The van der Waals surface area contributed by atoms with E-state index in [2.05, 4.69) is 10.1 Å². The highest BCUT2D eigenvalue weighted by molar-refractivity contribution is 6.21. The zero-order valence-electron chi connectivity index (χ0n) is 14.5. The molecule has 28 heavy (non-hydrogen) atoms. The summed E-state index contributed by atoms with van der Waals surface area (Å²) in [7, 11) is 0. The van der Waals surface area contributed by atoms with E-state index in [1.807, 2.05) is 24.3 Å². The number of carbonyl (C=O) groups excluding carboxylic acids is 2. The molecule has 0 radical (unpaired) electrons. The summed E-state index contributed by atoms with van der Waals surface area (Å²) in [6.45, 7) is -0.110. The van der Waals surface area contributed by atoms with Gasteiger partial charge in [0.15, 0.2) is 5.82 Å². The van der Waals surface area contributed by atoms with Crippen LogP contribution in [0.4, 0.5) is 0 Å². The fraction of sp³-hybridized carbons (Fsp3) is 0.0476. The molecule has 3 aromatic carbocycles. The topological polar surface area (TPSA) is 96.5 Å². The van der Waals surface area contributed by atoms with Crippen LogP contribution < -0.4 is 0 Å². The maximum atomic E-state index is 12.5. The second-order valence-corrected chi connectivity index (χ2v) is 6.44. The molecule has 0 fully saturated rings. The van der Waals surface area contributed by atoms with Crippen LogP contribution >= 0.6 is 0 Å². The Balaban J connectivity index is 1.50. The first-order chi connectivity index (χ1) is 13.6. The summed E-state index contributed by atoms with van der Waals surface area (Å²) in [6, 6.07) is 17.5. The highest BCUT2D eigenvalue weighted by atomic mass is 16.5. The average Bonchev–Trinajstić information content (AvgIpc) is 3.27. The van der Waals surface area contributed by atoms with Gasteiger partial charge in [0.1, 0.15) is 5.75 Å². The summed E-state index contributed by atoms with van der Waals surface area (Å²) in [5.41, 5.74) is 1.14. The molecule has 0 saturated carbocycles. The number of imide groups is 1. The summed E-state index contributed by atoms with van der Waals surface area (Å²) in [5, 5.41) is 15.9. The highest BCUT2D eigenvalue weighted by Crippen LogP contribution is 2.35. The van der Waals surface area contributed by atoms with Gasteiger partial charge in [0.25, 0.3) is 17.7 Å². The van der Waals surface area contributed by atoms with Crippen LogP contribution in [0.1, 0.15) is 26.5 Å². The lowest BCUT2D eigenvalue weighted by Gasteiger charge is -2.10. The summed E-state index contributed by atoms with van der Waals surface area (Å²) in [5.74, 6) is -0.465. The average molecular weight is 371 g/mol. The summed E-state index contributed by atoms with van der Waals surface area (Å²) in [6.07, 6.45) is 0. The highest BCUT2D eigenvalue weighted by Gasteiger charge is 2.36. The summed E-state index contributed by atoms with van der Waals surface area (Å²) >= 11 is 0. The Labute approximate surface area is 158 Å². The first-order valence-electron chi connectivity index (χ1n) is 8.62. The summed E-state index contributed by atoms with van der Waals surface area (Å²) < 4.78 is 5.33. The van der Waals surface area contributed by atoms with Gasteiger partial charge in [0, 0.05) is 0 Å². The number of phenols is 1. The molecule has 0 atom stereocenters. The molecule has 1 N–H and O–H groups in total. The third kappa shape index (κ3) is 2.37. The fourth-order valence-electron chi connectivity index (χ4n) is 3.43. The molecule has 0 unspecified atom stereocenters. The van der Waals surface area contributed by atoms with E-state index in [0.717, 1.165) is 15.7 Å². The zero-order valence-corrected chi connectivity index (χ0v) is 14.5. The summed E-state index contributed by atoms with van der Waals surface area (Å²) in [4.78, 5) is 30.4. The van der Waals surface area contributed by atoms with Crippen molar-refractivity contribution in [3.8, 4) is 17.2 Å². The van der Waals surface area contributed by atoms with Gasteiger partial charge < -0.3 is 9.63 Å². The number of hydrogen-bond acceptors (Lipinski definition) is 6. The van der Waals surface area contributed by atoms with Gasteiger partial charge in [-0.2, -0.15) is 4.98 Å². The number of fused-ring (bicyclic) bond motifs is 2. The number of benzene rings is 3. The Hall–Kier alpha value is -4.00. The van der Waals surface area contributed by atoms with Crippen LogP contribution in [-0.4, -0.2) is 32.0 Å². The van der Waals surface area contributed by atoms with E-state index >= 15 is 0 Å². The molecule has 7 nitrogen and oxygen atoms in total. The van der Waals surface area contributed by atoms with Gasteiger partial charge in [-0.25, -0.2) is 0 Å². The third-order valence-electron chi connectivity index (χ3n) is 4.77. The second-order valence-electron chi connectivity index (χ2n) is 6.44. The zero-order chi connectivity index (χ0) is 19.3. The van der Waals surface area contributed by atoms with Gasteiger partial charge in [-0.1, -0.05) is 47.6 Å². The van der Waals surface area contributed by atoms with E-state index < -0.39 is 0 Å². The van der Waals surface area contributed by atoms with Crippen molar-refractivity contribution in [2.24, 2.45) is 0 Å². The maximum Gasteiger partial charge on any atom is 0.262 e. The van der Waals surface area contributed by atoms with Crippen LogP contribution in [0.2, 0.25) is 0 Å². The van der Waals surface area contributed by atoms with E-state index in [1.54, 1.807) is 36.4 Å². The number of amides is 2. The lowest BCUT2D eigenvalue weighted by molar-refractivity contribution is 0.0637. The third-order valence-corrected chi connectivity index (χ3v) is 4.77. The second kappa shape index (κ2) is 6.02. The molecule has 4 aromatic rings. The molecule has 0 saturated heterocycles. The van der Waals surface area contributed by atoms with Crippen molar-refractivity contribution in [3.05, 3.63) is 77.6 Å². The van der Waals surface area contributed by atoms with E-state index in [4.69, 9.17) is 4.52 Å². The Bertz CT molecular complexity index is 1230. The molecule has 7 heteroatoms. The van der Waals surface area contributed by atoms with Crippen molar-refractivity contribution < 1.29 is 19.2 Å². The van der Waals surface area contributed by atoms with Crippen molar-refractivity contribution >= 4 is 22.6 Å². The van der Waals surface area contributed by atoms with Gasteiger partial charge in [-0.05, 0) is 29.0 Å². The van der Waals surface area contributed by atoms with Crippen LogP contribution in [0, 0.1) is 0 Å². The predicted molar refractivity (Wildman–Crippen MR) is 99.6 cm³/mol. The predicted octanol–water partition coefficient (Wildman–Crippen LogP) is 3.39. The molecule has 2 heterocycles. The largest absolute Gasteiger partial charge is 0.507 e. The van der Waals surface area contributed by atoms with Gasteiger partial charge in [0.2, 0.25) is 0 Å². The molecule has 136 valence electrons. The number of rotatable bonds is 3. The molecule has 1 aliphatic heterocycles. The van der Waals surface area contributed by atoms with Crippen LogP contribution in [-0.2, 0) is 6.54 Å². The van der Waals surface area contributed by atoms with Gasteiger partial charge >= 0.3 is 0 Å². The van der Waals surface area contributed by atoms with Gasteiger partial charge in [0.05, 0.1) is 23.2 Å². The first kappa shape index (κ1) is 16.2. The van der Waals surface area contributed by atoms with Crippen LogP contribution in [0.25, 0.3) is 22.2 Å². The molecule has 1 aliphatic rings. The number of phenolic OH excluding ortho intramolecular Hbond substituents is 1. The SMILES string of the molecule is O=C1c2ccccc2C(=O)N1Cc1noc(-c2c(O)ccc3ccccc23)n1. The maximum absolute atomic E-state index is 12.5. The minimum Gasteiger partial charge on any atom is -0.507 e. The normalized spacial score (nSPS) is 13.4. The lowest BCUT2D eigenvalue weighted by Crippen LogP contribution is -2.29. The smallest absolute Gasteiger partial charge is 0.262 e. The molecule has 5 rings (SSSR count). The fourth-order valence-corrected chi connectivity index (χ4v) is 3.43. The van der Waals surface area contributed by atoms with Crippen LogP contribution in [0.15, 0.2) is 65.2 Å². The number of aromatic nitrogens is 2. The Morgan fingerprint density at radius 1 is 0.893 bits per heavy atom. The van der Waals surface area contributed by atoms with Crippen molar-refractivity contribution in [1.82, 2.24) is 15.0 Å². The Morgan fingerprint density at radius 3 is 2.32 bits per heavy atom. The van der Waals surface area contributed by atoms with Crippen molar-refractivity contribution in [2.75, 3.05) is 0 Å². The van der Waals surface area contributed by atoms with E-state index in [9.17, 15) is 14.7 Å². The number of aromatic hydroxyl groups is 1. The molecular weight excluding hydrogens is 358 g/mol. The van der Waals surface area contributed by atoms with Crippen molar-refractivity contribution in [1.29, 1.82) is 0 Å². The standard InChI is InChI=1S/C21H13N3O4/c25-16-10-9-12-5-1-2-6-13(12)18(16)19-22-17(23-28-19)11-24-20(26)14-7-3-4-8-15(14)21(24)27/h1-10,25H,11H2. The van der Waals surface area contributed by atoms with E-state index in [1.165, 1.54) is 0 Å². The van der Waals surface area contributed by atoms with Crippen molar-refractivity contribution in [3.63, 3.8) is 0 Å². The molecular formula is C21H13N3O4. The lowest BCUT2D eigenvalue weighted by atomic mass is 10.0. The minimum absolute atomic E-state index is 0.00892. The monoisotopic (exact) mass is 371 g/mol. The van der Waals surface area contributed by atoms with Gasteiger partial charge in [-0.3, -0.25) is 14.5 Å². The number of hydrogen-bond donors (Lipinski definition) is 1. The van der Waals surface area contributed by atoms with Crippen LogP contribution in [0.5, 0.6) is 5.75 Å². The van der Waals surface area contributed by atoms with Crippen molar-refractivity contribution in [2.45, 2.75) is 6.54 Å². The molecule has 0 bridgehead atoms. The molecule has 1 aromatic heterocycles. The minimum atomic E-state index is -0.389.